The van der Waals surface area contributed by atoms with Crippen molar-refractivity contribution in [3.05, 3.63) is 20.8 Å². The first kappa shape index (κ1) is 12.2. The molecule has 0 aromatic carbocycles. The van der Waals surface area contributed by atoms with Gasteiger partial charge in [0.25, 0.3) is 0 Å². The van der Waals surface area contributed by atoms with Crippen LogP contribution in [0.5, 0.6) is 0 Å². The van der Waals surface area contributed by atoms with Gasteiger partial charge in [0.15, 0.2) is 0 Å². The van der Waals surface area contributed by atoms with E-state index in [1.165, 1.54) is 21.6 Å². The molecule has 0 spiro atoms. The summed E-state index contributed by atoms with van der Waals surface area (Å²) in [5.74, 6) is 0.799. The van der Waals surface area contributed by atoms with Crippen LogP contribution in [0.3, 0.4) is 0 Å². The quantitative estimate of drug-likeness (QED) is 0.786. The molecule has 1 rings (SSSR count). The van der Waals surface area contributed by atoms with Gasteiger partial charge in [0.05, 0.1) is 3.79 Å². The summed E-state index contributed by atoms with van der Waals surface area (Å²) in [6.45, 7) is 6.81. The van der Waals surface area contributed by atoms with Gasteiger partial charge in [0.1, 0.15) is 0 Å². The fraction of sp³-hybridized carbons (Fsp3) is 0.636. The number of thiophene rings is 1. The molecule has 0 aliphatic rings. The number of rotatable bonds is 5. The first-order chi connectivity index (χ1) is 6.58. The van der Waals surface area contributed by atoms with Gasteiger partial charge >= 0.3 is 0 Å². The van der Waals surface area contributed by atoms with Gasteiger partial charge < -0.3 is 4.90 Å². The fourth-order valence-electron chi connectivity index (χ4n) is 1.26. The van der Waals surface area contributed by atoms with Gasteiger partial charge in [-0.25, -0.2) is 0 Å². The van der Waals surface area contributed by atoms with Gasteiger partial charge in [0.2, 0.25) is 0 Å². The summed E-state index contributed by atoms with van der Waals surface area (Å²) in [6, 6.07) is 4.32. The molecule has 0 amide bonds. The molecule has 14 heavy (non-hydrogen) atoms. The molecule has 80 valence electrons. The molecule has 0 unspecified atom stereocenters. The molecular formula is C11H18BrNS. The molecule has 1 heterocycles. The highest BCUT2D eigenvalue weighted by molar-refractivity contribution is 9.11. The lowest BCUT2D eigenvalue weighted by molar-refractivity contribution is 0.306. The first-order valence-corrected chi connectivity index (χ1v) is 6.61. The van der Waals surface area contributed by atoms with E-state index in [4.69, 9.17) is 0 Å². The van der Waals surface area contributed by atoms with Crippen molar-refractivity contribution in [2.45, 2.75) is 26.8 Å². The van der Waals surface area contributed by atoms with Crippen LogP contribution in [0.4, 0.5) is 0 Å². The normalized spacial score (nSPS) is 11.6. The van der Waals surface area contributed by atoms with Gasteiger partial charge in [-0.15, -0.1) is 11.3 Å². The summed E-state index contributed by atoms with van der Waals surface area (Å²) < 4.78 is 1.23. The van der Waals surface area contributed by atoms with Gasteiger partial charge in [-0.3, -0.25) is 0 Å². The van der Waals surface area contributed by atoms with E-state index in [-0.39, 0.29) is 0 Å². The number of hydrogen-bond acceptors (Lipinski definition) is 2. The van der Waals surface area contributed by atoms with Crippen molar-refractivity contribution in [2.24, 2.45) is 5.92 Å². The van der Waals surface area contributed by atoms with Crippen LogP contribution >= 0.6 is 27.3 Å². The molecule has 0 atom stereocenters. The minimum atomic E-state index is 0.799. The minimum absolute atomic E-state index is 0.799. The molecule has 0 fully saturated rings. The van der Waals surface area contributed by atoms with Crippen LogP contribution in [0.25, 0.3) is 0 Å². The van der Waals surface area contributed by atoms with Crippen LogP contribution < -0.4 is 0 Å². The number of hydrogen-bond donors (Lipinski definition) is 0. The fourth-order valence-corrected chi connectivity index (χ4v) is 2.82. The Morgan fingerprint density at radius 3 is 2.64 bits per heavy atom. The van der Waals surface area contributed by atoms with Crippen LogP contribution in [0, 0.1) is 5.92 Å². The van der Waals surface area contributed by atoms with Crippen molar-refractivity contribution in [3.63, 3.8) is 0 Å². The van der Waals surface area contributed by atoms with Crippen LogP contribution in [0.15, 0.2) is 15.9 Å². The summed E-state index contributed by atoms with van der Waals surface area (Å²) in [4.78, 5) is 3.82. The summed E-state index contributed by atoms with van der Waals surface area (Å²) in [6.07, 6.45) is 1.28. The Balaban J connectivity index is 2.30. The van der Waals surface area contributed by atoms with Crippen molar-refractivity contribution in [2.75, 3.05) is 13.6 Å². The summed E-state index contributed by atoms with van der Waals surface area (Å²) in [5, 5.41) is 0. The summed E-state index contributed by atoms with van der Waals surface area (Å²) >= 11 is 5.31. The van der Waals surface area contributed by atoms with E-state index in [0.29, 0.717) is 0 Å². The number of halogens is 1. The van der Waals surface area contributed by atoms with E-state index in [1.54, 1.807) is 0 Å². The smallest absolute Gasteiger partial charge is 0.0701 e. The third-order valence-electron chi connectivity index (χ3n) is 2.14. The monoisotopic (exact) mass is 275 g/mol. The van der Waals surface area contributed by atoms with E-state index < -0.39 is 0 Å². The Morgan fingerprint density at radius 2 is 2.14 bits per heavy atom. The molecule has 1 aromatic rings. The first-order valence-electron chi connectivity index (χ1n) is 5.00. The summed E-state index contributed by atoms with van der Waals surface area (Å²) in [7, 11) is 2.19. The van der Waals surface area contributed by atoms with E-state index in [9.17, 15) is 0 Å². The maximum absolute atomic E-state index is 3.48. The predicted molar refractivity (Wildman–Crippen MR) is 67.8 cm³/mol. The molecule has 0 saturated heterocycles. The molecule has 0 saturated carbocycles. The Morgan fingerprint density at radius 1 is 1.43 bits per heavy atom. The lowest BCUT2D eigenvalue weighted by Crippen LogP contribution is -2.19. The highest BCUT2D eigenvalue weighted by Gasteiger charge is 2.03. The lowest BCUT2D eigenvalue weighted by atomic mass is 10.1. The maximum Gasteiger partial charge on any atom is 0.0701 e. The van der Waals surface area contributed by atoms with Crippen molar-refractivity contribution < 1.29 is 0 Å². The predicted octanol–water partition coefficient (Wildman–Crippen LogP) is 3.99. The Labute approximate surface area is 99.3 Å². The van der Waals surface area contributed by atoms with Crippen LogP contribution in [-0.2, 0) is 6.54 Å². The lowest BCUT2D eigenvalue weighted by Gasteiger charge is -2.16. The van der Waals surface area contributed by atoms with Crippen molar-refractivity contribution >= 4 is 27.3 Å². The molecule has 1 nitrogen and oxygen atoms in total. The second kappa shape index (κ2) is 5.89. The Hall–Kier alpha value is 0.140. The largest absolute Gasteiger partial charge is 0.301 e. The zero-order chi connectivity index (χ0) is 10.6. The maximum atomic E-state index is 3.48. The van der Waals surface area contributed by atoms with Gasteiger partial charge in [-0.2, -0.15) is 0 Å². The van der Waals surface area contributed by atoms with E-state index in [1.807, 2.05) is 11.3 Å². The second-order valence-electron chi connectivity index (χ2n) is 4.13. The second-order valence-corrected chi connectivity index (χ2v) is 6.67. The number of nitrogens with zero attached hydrogens (tertiary/aromatic N) is 1. The molecular weight excluding hydrogens is 258 g/mol. The van der Waals surface area contributed by atoms with Gasteiger partial charge in [-0.05, 0) is 54.0 Å². The zero-order valence-corrected chi connectivity index (χ0v) is 11.5. The van der Waals surface area contributed by atoms with Crippen molar-refractivity contribution in [1.82, 2.24) is 4.90 Å². The van der Waals surface area contributed by atoms with Crippen LogP contribution in [-0.4, -0.2) is 18.5 Å². The third kappa shape index (κ3) is 4.58. The summed E-state index contributed by atoms with van der Waals surface area (Å²) in [5.41, 5.74) is 0. The highest BCUT2D eigenvalue weighted by Crippen LogP contribution is 2.23. The Kier molecular flexibility index (Phi) is 5.13. The third-order valence-corrected chi connectivity index (χ3v) is 3.75. The van der Waals surface area contributed by atoms with Gasteiger partial charge in [0, 0.05) is 11.4 Å². The van der Waals surface area contributed by atoms with Crippen molar-refractivity contribution in [3.8, 4) is 0 Å². The van der Waals surface area contributed by atoms with Crippen LogP contribution in [0.1, 0.15) is 25.1 Å². The molecule has 1 aromatic heterocycles. The average Bonchev–Trinajstić information content (AvgIpc) is 2.48. The van der Waals surface area contributed by atoms with E-state index in [2.05, 4.69) is 53.9 Å². The van der Waals surface area contributed by atoms with E-state index >= 15 is 0 Å². The SMILES string of the molecule is CC(C)CCN(C)Cc1ccc(Br)s1. The average molecular weight is 276 g/mol. The standard InChI is InChI=1S/C11H18BrNS/c1-9(2)6-7-13(3)8-10-4-5-11(12)14-10/h4-5,9H,6-8H2,1-3H3. The molecule has 3 heteroatoms. The van der Waals surface area contributed by atoms with Crippen molar-refractivity contribution in [1.29, 1.82) is 0 Å². The van der Waals surface area contributed by atoms with Gasteiger partial charge in [-0.1, -0.05) is 13.8 Å². The molecule has 0 aliphatic carbocycles. The zero-order valence-electron chi connectivity index (χ0n) is 9.09. The molecule has 0 aliphatic heterocycles. The minimum Gasteiger partial charge on any atom is -0.301 e. The van der Waals surface area contributed by atoms with E-state index in [0.717, 1.165) is 12.5 Å². The molecule has 0 N–H and O–H groups in total. The Bertz CT molecular complexity index is 270. The molecule has 0 bridgehead atoms. The molecule has 0 radical (unpaired) electrons. The van der Waals surface area contributed by atoms with Crippen LogP contribution in [0.2, 0.25) is 0 Å². The topological polar surface area (TPSA) is 3.24 Å². The highest BCUT2D eigenvalue weighted by atomic mass is 79.9.